The molecule has 1 aromatic carbocycles. The third-order valence-corrected chi connectivity index (χ3v) is 4.71. The van der Waals surface area contributed by atoms with Crippen LogP contribution in [-0.4, -0.2) is 31.1 Å². The van der Waals surface area contributed by atoms with Crippen LogP contribution in [0.15, 0.2) is 22.7 Å². The summed E-state index contributed by atoms with van der Waals surface area (Å²) in [6.07, 6.45) is 4.04. The van der Waals surface area contributed by atoms with E-state index in [4.69, 9.17) is 0 Å². The van der Waals surface area contributed by atoms with Gasteiger partial charge in [-0.2, -0.15) is 0 Å². The summed E-state index contributed by atoms with van der Waals surface area (Å²) in [6.45, 7) is 2.38. The quantitative estimate of drug-likeness (QED) is 0.899. The Morgan fingerprint density at radius 2 is 2.35 bits per heavy atom. The number of rotatable bonds is 2. The number of fused-ring (bicyclic) bond motifs is 1. The molecule has 92 valence electrons. The maximum atomic E-state index is 3.58. The Labute approximate surface area is 112 Å². The molecule has 1 N–H and O–H groups in total. The molecule has 0 spiro atoms. The zero-order chi connectivity index (χ0) is 11.8. The van der Waals surface area contributed by atoms with E-state index in [1.54, 1.807) is 0 Å². The van der Waals surface area contributed by atoms with Crippen LogP contribution < -0.4 is 5.32 Å². The molecule has 0 aliphatic carbocycles. The van der Waals surface area contributed by atoms with Gasteiger partial charge in [0.05, 0.1) is 0 Å². The Morgan fingerprint density at radius 3 is 3.12 bits per heavy atom. The van der Waals surface area contributed by atoms with Gasteiger partial charge in [-0.3, -0.25) is 0 Å². The number of anilines is 1. The highest BCUT2D eigenvalue weighted by Crippen LogP contribution is 2.38. The van der Waals surface area contributed by atoms with Crippen molar-refractivity contribution in [2.75, 3.05) is 25.5 Å². The Balaban J connectivity index is 1.76. The smallest absolute Gasteiger partial charge is 0.0377 e. The SMILES string of the molecule is CN1CCC[C@@H]1CC1CNc2ccc(Br)cc21. The minimum atomic E-state index is 0.688. The van der Waals surface area contributed by atoms with Crippen LogP contribution in [0.3, 0.4) is 0 Å². The number of hydrogen-bond acceptors (Lipinski definition) is 2. The van der Waals surface area contributed by atoms with Crippen molar-refractivity contribution in [3.63, 3.8) is 0 Å². The molecule has 1 aromatic rings. The van der Waals surface area contributed by atoms with Crippen LogP contribution in [-0.2, 0) is 0 Å². The molecule has 0 aromatic heterocycles. The van der Waals surface area contributed by atoms with E-state index in [1.165, 1.54) is 41.5 Å². The summed E-state index contributed by atoms with van der Waals surface area (Å²) >= 11 is 3.58. The average molecular weight is 295 g/mol. The number of benzene rings is 1. The van der Waals surface area contributed by atoms with Gasteiger partial charge in [0.1, 0.15) is 0 Å². The van der Waals surface area contributed by atoms with Gasteiger partial charge in [-0.15, -0.1) is 0 Å². The topological polar surface area (TPSA) is 15.3 Å². The summed E-state index contributed by atoms with van der Waals surface area (Å²) in [4.78, 5) is 2.52. The van der Waals surface area contributed by atoms with E-state index in [1.807, 2.05) is 0 Å². The van der Waals surface area contributed by atoms with Gasteiger partial charge in [0.15, 0.2) is 0 Å². The van der Waals surface area contributed by atoms with Crippen LogP contribution in [0.4, 0.5) is 5.69 Å². The highest BCUT2D eigenvalue weighted by Gasteiger charge is 2.29. The molecule has 2 aliphatic heterocycles. The first-order chi connectivity index (χ1) is 8.24. The van der Waals surface area contributed by atoms with E-state index in [2.05, 4.69) is 51.4 Å². The van der Waals surface area contributed by atoms with E-state index in [0.29, 0.717) is 5.92 Å². The molecular weight excluding hydrogens is 276 g/mol. The van der Waals surface area contributed by atoms with Crippen LogP contribution in [0.5, 0.6) is 0 Å². The van der Waals surface area contributed by atoms with E-state index >= 15 is 0 Å². The second kappa shape index (κ2) is 4.62. The lowest BCUT2D eigenvalue weighted by molar-refractivity contribution is 0.285. The average Bonchev–Trinajstić information content (AvgIpc) is 2.88. The lowest BCUT2D eigenvalue weighted by atomic mass is 9.93. The Morgan fingerprint density at radius 1 is 1.47 bits per heavy atom. The maximum absolute atomic E-state index is 3.58. The van der Waals surface area contributed by atoms with Crippen LogP contribution >= 0.6 is 15.9 Å². The first kappa shape index (κ1) is 11.5. The molecule has 3 heteroatoms. The third kappa shape index (κ3) is 2.23. The molecular formula is C14H19BrN2. The van der Waals surface area contributed by atoms with Gasteiger partial charge in [-0.25, -0.2) is 0 Å². The molecule has 0 radical (unpaired) electrons. The molecule has 0 saturated carbocycles. The van der Waals surface area contributed by atoms with Crippen molar-refractivity contribution >= 4 is 21.6 Å². The molecule has 3 rings (SSSR count). The fourth-order valence-corrected chi connectivity index (χ4v) is 3.57. The van der Waals surface area contributed by atoms with Crippen molar-refractivity contribution in [1.82, 2.24) is 4.90 Å². The number of nitrogens with one attached hydrogen (secondary N) is 1. The highest BCUT2D eigenvalue weighted by atomic mass is 79.9. The van der Waals surface area contributed by atoms with Gasteiger partial charge < -0.3 is 10.2 Å². The zero-order valence-corrected chi connectivity index (χ0v) is 11.8. The van der Waals surface area contributed by atoms with Gasteiger partial charge in [0.2, 0.25) is 0 Å². The molecule has 0 bridgehead atoms. The molecule has 1 fully saturated rings. The van der Waals surface area contributed by atoms with Crippen LogP contribution in [0, 0.1) is 0 Å². The Bertz CT molecular complexity index is 419. The minimum absolute atomic E-state index is 0.688. The summed E-state index contributed by atoms with van der Waals surface area (Å²) in [7, 11) is 2.27. The van der Waals surface area contributed by atoms with E-state index in [-0.39, 0.29) is 0 Å². The molecule has 1 unspecified atom stereocenters. The van der Waals surface area contributed by atoms with Crippen molar-refractivity contribution in [3.8, 4) is 0 Å². The largest absolute Gasteiger partial charge is 0.384 e. The molecule has 2 aliphatic rings. The zero-order valence-electron chi connectivity index (χ0n) is 10.2. The van der Waals surface area contributed by atoms with Crippen molar-refractivity contribution < 1.29 is 0 Å². The molecule has 2 nitrogen and oxygen atoms in total. The van der Waals surface area contributed by atoms with Crippen molar-refractivity contribution in [2.24, 2.45) is 0 Å². The van der Waals surface area contributed by atoms with Crippen LogP contribution in [0.25, 0.3) is 0 Å². The lowest BCUT2D eigenvalue weighted by Crippen LogP contribution is -2.27. The summed E-state index contributed by atoms with van der Waals surface area (Å²) in [5, 5.41) is 3.53. The summed E-state index contributed by atoms with van der Waals surface area (Å²) in [5.74, 6) is 0.688. The van der Waals surface area contributed by atoms with Gasteiger partial charge in [0, 0.05) is 28.7 Å². The van der Waals surface area contributed by atoms with Crippen molar-refractivity contribution in [3.05, 3.63) is 28.2 Å². The second-order valence-corrected chi connectivity index (χ2v) is 6.24. The molecule has 2 heterocycles. The Hall–Kier alpha value is -0.540. The second-order valence-electron chi connectivity index (χ2n) is 5.32. The predicted octanol–water partition coefficient (Wildman–Crippen LogP) is 3.44. The van der Waals surface area contributed by atoms with Crippen molar-refractivity contribution in [2.45, 2.75) is 31.2 Å². The maximum Gasteiger partial charge on any atom is 0.0377 e. The van der Waals surface area contributed by atoms with Gasteiger partial charge in [0.25, 0.3) is 0 Å². The van der Waals surface area contributed by atoms with Crippen molar-refractivity contribution in [1.29, 1.82) is 0 Å². The summed E-state index contributed by atoms with van der Waals surface area (Å²) in [5.41, 5.74) is 2.83. The first-order valence-corrected chi connectivity index (χ1v) is 7.27. The molecule has 2 atom stereocenters. The number of nitrogens with zero attached hydrogens (tertiary/aromatic N) is 1. The van der Waals surface area contributed by atoms with Crippen LogP contribution in [0.2, 0.25) is 0 Å². The minimum Gasteiger partial charge on any atom is -0.384 e. The molecule has 0 amide bonds. The van der Waals surface area contributed by atoms with E-state index in [9.17, 15) is 0 Å². The molecule has 1 saturated heterocycles. The molecule has 17 heavy (non-hydrogen) atoms. The summed E-state index contributed by atoms with van der Waals surface area (Å²) < 4.78 is 1.20. The van der Waals surface area contributed by atoms with Crippen LogP contribution in [0.1, 0.15) is 30.7 Å². The monoisotopic (exact) mass is 294 g/mol. The Kier molecular flexibility index (Phi) is 3.14. The fraction of sp³-hybridized carbons (Fsp3) is 0.571. The van der Waals surface area contributed by atoms with Gasteiger partial charge >= 0.3 is 0 Å². The highest BCUT2D eigenvalue weighted by molar-refractivity contribution is 9.10. The van der Waals surface area contributed by atoms with Gasteiger partial charge in [-0.05, 0) is 56.6 Å². The predicted molar refractivity (Wildman–Crippen MR) is 75.6 cm³/mol. The lowest BCUT2D eigenvalue weighted by Gasteiger charge is -2.22. The van der Waals surface area contributed by atoms with E-state index in [0.717, 1.165) is 12.6 Å². The fourth-order valence-electron chi connectivity index (χ4n) is 3.19. The summed E-state index contributed by atoms with van der Waals surface area (Å²) in [6, 6.07) is 7.38. The van der Waals surface area contributed by atoms with E-state index < -0.39 is 0 Å². The number of hydrogen-bond donors (Lipinski definition) is 1. The standard InChI is InChI=1S/C14H19BrN2/c1-17-6-2-3-12(17)7-10-9-16-14-5-4-11(15)8-13(10)14/h4-5,8,10,12,16H,2-3,6-7,9H2,1H3/t10?,12-/m1/s1. The third-order valence-electron chi connectivity index (χ3n) is 4.22. The normalized spacial score (nSPS) is 28.1. The first-order valence-electron chi connectivity index (χ1n) is 6.47. The number of likely N-dealkylation sites (tertiary alicyclic amines) is 1. The van der Waals surface area contributed by atoms with Gasteiger partial charge in [-0.1, -0.05) is 15.9 Å². The number of halogens is 1.